The second kappa shape index (κ2) is 6.53. The molecule has 0 fully saturated rings. The third-order valence-electron chi connectivity index (χ3n) is 2.41. The number of nitrogens with one attached hydrogen (secondary N) is 1. The number of hydrogen-bond acceptors (Lipinski definition) is 4. The normalized spacial score (nSPS) is 12.6. The van der Waals surface area contributed by atoms with Crippen molar-refractivity contribution in [3.05, 3.63) is 12.4 Å². The van der Waals surface area contributed by atoms with Gasteiger partial charge in [0, 0.05) is 18.0 Å². The minimum absolute atomic E-state index is 0.317. The summed E-state index contributed by atoms with van der Waals surface area (Å²) in [6, 6.07) is 2.10. The Labute approximate surface area is 101 Å². The zero-order valence-electron chi connectivity index (χ0n) is 9.90. The van der Waals surface area contributed by atoms with Gasteiger partial charge in [0.05, 0.1) is 7.11 Å². The largest absolute Gasteiger partial charge is 0.481 e. The van der Waals surface area contributed by atoms with Crippen LogP contribution in [-0.4, -0.2) is 29.0 Å². The monoisotopic (exact) mass is 243 g/mol. The van der Waals surface area contributed by atoms with E-state index in [0.29, 0.717) is 23.7 Å². The van der Waals surface area contributed by atoms with Crippen molar-refractivity contribution >= 4 is 17.4 Å². The van der Waals surface area contributed by atoms with Crippen LogP contribution >= 0.6 is 11.6 Å². The SMILES string of the molecule is COc1cc(NC(CCCl)C(C)C)ncn1. The third kappa shape index (κ3) is 3.85. The molecule has 90 valence electrons. The molecule has 1 unspecified atom stereocenters. The molecule has 0 radical (unpaired) electrons. The zero-order valence-corrected chi connectivity index (χ0v) is 10.7. The van der Waals surface area contributed by atoms with Gasteiger partial charge in [-0.3, -0.25) is 0 Å². The average Bonchev–Trinajstić information content (AvgIpc) is 2.28. The highest BCUT2D eigenvalue weighted by atomic mass is 35.5. The molecular weight excluding hydrogens is 226 g/mol. The van der Waals surface area contributed by atoms with E-state index in [0.717, 1.165) is 12.2 Å². The molecule has 0 aliphatic carbocycles. The van der Waals surface area contributed by atoms with Crippen LogP contribution < -0.4 is 10.1 Å². The molecule has 0 amide bonds. The molecule has 0 saturated carbocycles. The van der Waals surface area contributed by atoms with Crippen molar-refractivity contribution in [3.63, 3.8) is 0 Å². The Morgan fingerprint density at radius 3 is 2.75 bits per heavy atom. The summed E-state index contributed by atoms with van der Waals surface area (Å²) in [7, 11) is 1.59. The van der Waals surface area contributed by atoms with Crippen LogP contribution in [-0.2, 0) is 0 Å². The summed E-state index contributed by atoms with van der Waals surface area (Å²) in [4.78, 5) is 8.10. The number of anilines is 1. The number of halogens is 1. The number of ether oxygens (including phenoxy) is 1. The first kappa shape index (κ1) is 13.0. The quantitative estimate of drug-likeness (QED) is 0.780. The fourth-order valence-electron chi connectivity index (χ4n) is 1.41. The molecule has 1 aromatic heterocycles. The smallest absolute Gasteiger partial charge is 0.218 e. The lowest BCUT2D eigenvalue weighted by Crippen LogP contribution is -2.26. The summed E-state index contributed by atoms with van der Waals surface area (Å²) in [5, 5.41) is 3.34. The summed E-state index contributed by atoms with van der Waals surface area (Å²) in [5.74, 6) is 2.47. The molecule has 0 bridgehead atoms. The van der Waals surface area contributed by atoms with E-state index in [9.17, 15) is 0 Å². The summed E-state index contributed by atoms with van der Waals surface area (Å²) in [5.41, 5.74) is 0. The Morgan fingerprint density at radius 1 is 1.44 bits per heavy atom. The molecule has 4 nitrogen and oxygen atoms in total. The van der Waals surface area contributed by atoms with Crippen molar-refractivity contribution in [1.82, 2.24) is 9.97 Å². The second-order valence-electron chi connectivity index (χ2n) is 3.92. The molecule has 16 heavy (non-hydrogen) atoms. The van der Waals surface area contributed by atoms with Crippen LogP contribution in [0.5, 0.6) is 5.88 Å². The molecule has 0 aliphatic heterocycles. The van der Waals surface area contributed by atoms with Crippen LogP contribution in [0.3, 0.4) is 0 Å². The lowest BCUT2D eigenvalue weighted by atomic mass is 10.0. The highest BCUT2D eigenvalue weighted by Crippen LogP contribution is 2.16. The summed E-state index contributed by atoms with van der Waals surface area (Å²) < 4.78 is 5.04. The number of rotatable bonds is 6. The van der Waals surface area contributed by atoms with E-state index in [2.05, 4.69) is 29.1 Å². The Hall–Kier alpha value is -1.03. The van der Waals surface area contributed by atoms with Crippen molar-refractivity contribution in [1.29, 1.82) is 0 Å². The first-order valence-electron chi connectivity index (χ1n) is 5.36. The van der Waals surface area contributed by atoms with Crippen LogP contribution in [0.1, 0.15) is 20.3 Å². The number of hydrogen-bond donors (Lipinski definition) is 1. The molecule has 0 saturated heterocycles. The lowest BCUT2D eigenvalue weighted by molar-refractivity contribution is 0.397. The van der Waals surface area contributed by atoms with Gasteiger partial charge in [0.25, 0.3) is 0 Å². The van der Waals surface area contributed by atoms with Gasteiger partial charge < -0.3 is 10.1 Å². The van der Waals surface area contributed by atoms with Crippen molar-refractivity contribution < 1.29 is 4.74 Å². The molecule has 0 spiro atoms. The Bertz CT molecular complexity index is 320. The van der Waals surface area contributed by atoms with Crippen LogP contribution in [0, 0.1) is 5.92 Å². The number of alkyl halides is 1. The maximum atomic E-state index is 5.77. The topological polar surface area (TPSA) is 47.0 Å². The third-order valence-corrected chi connectivity index (χ3v) is 2.63. The van der Waals surface area contributed by atoms with E-state index in [1.54, 1.807) is 13.2 Å². The fraction of sp³-hybridized carbons (Fsp3) is 0.636. The standard InChI is InChI=1S/C11H18ClN3O/c1-8(2)9(4-5-12)15-10-6-11(16-3)14-7-13-10/h6-9H,4-5H2,1-3H3,(H,13,14,15). The number of aromatic nitrogens is 2. The Balaban J connectivity index is 2.68. The Kier molecular flexibility index (Phi) is 5.32. The molecule has 1 aromatic rings. The highest BCUT2D eigenvalue weighted by Gasteiger charge is 2.13. The molecule has 1 atom stereocenters. The van der Waals surface area contributed by atoms with Crippen LogP contribution in [0.15, 0.2) is 12.4 Å². The molecule has 1 heterocycles. The molecule has 5 heteroatoms. The van der Waals surface area contributed by atoms with Crippen molar-refractivity contribution in [2.45, 2.75) is 26.3 Å². The van der Waals surface area contributed by atoms with Gasteiger partial charge in [-0.1, -0.05) is 13.8 Å². The van der Waals surface area contributed by atoms with E-state index >= 15 is 0 Å². The zero-order chi connectivity index (χ0) is 12.0. The van der Waals surface area contributed by atoms with Gasteiger partial charge in [0.2, 0.25) is 5.88 Å². The highest BCUT2D eigenvalue weighted by molar-refractivity contribution is 6.17. The predicted molar refractivity (Wildman–Crippen MR) is 66.2 cm³/mol. The molecule has 1 rings (SSSR count). The van der Waals surface area contributed by atoms with E-state index in [1.807, 2.05) is 0 Å². The van der Waals surface area contributed by atoms with Crippen molar-refractivity contribution in [3.8, 4) is 5.88 Å². The van der Waals surface area contributed by atoms with Gasteiger partial charge >= 0.3 is 0 Å². The van der Waals surface area contributed by atoms with Crippen LogP contribution in [0.2, 0.25) is 0 Å². The molecule has 1 N–H and O–H groups in total. The van der Waals surface area contributed by atoms with E-state index in [1.165, 1.54) is 6.33 Å². The van der Waals surface area contributed by atoms with Gasteiger partial charge in [-0.05, 0) is 12.3 Å². The lowest BCUT2D eigenvalue weighted by Gasteiger charge is -2.21. The number of methoxy groups -OCH3 is 1. The first-order valence-corrected chi connectivity index (χ1v) is 5.89. The second-order valence-corrected chi connectivity index (χ2v) is 4.30. The van der Waals surface area contributed by atoms with E-state index in [-0.39, 0.29) is 0 Å². The minimum atomic E-state index is 0.317. The van der Waals surface area contributed by atoms with Gasteiger partial charge in [0.15, 0.2) is 0 Å². The molecule has 0 aliphatic rings. The maximum Gasteiger partial charge on any atom is 0.218 e. The van der Waals surface area contributed by atoms with E-state index < -0.39 is 0 Å². The maximum absolute atomic E-state index is 5.77. The van der Waals surface area contributed by atoms with Crippen LogP contribution in [0.25, 0.3) is 0 Å². The van der Waals surface area contributed by atoms with Gasteiger partial charge in [-0.2, -0.15) is 0 Å². The minimum Gasteiger partial charge on any atom is -0.481 e. The fourth-order valence-corrected chi connectivity index (χ4v) is 1.64. The van der Waals surface area contributed by atoms with Crippen molar-refractivity contribution in [2.75, 3.05) is 18.3 Å². The number of nitrogens with zero attached hydrogens (tertiary/aromatic N) is 2. The summed E-state index contributed by atoms with van der Waals surface area (Å²) >= 11 is 5.77. The van der Waals surface area contributed by atoms with Gasteiger partial charge in [-0.15, -0.1) is 11.6 Å². The first-order chi connectivity index (χ1) is 7.67. The average molecular weight is 244 g/mol. The van der Waals surface area contributed by atoms with E-state index in [4.69, 9.17) is 16.3 Å². The van der Waals surface area contributed by atoms with Crippen LogP contribution in [0.4, 0.5) is 5.82 Å². The van der Waals surface area contributed by atoms with Gasteiger partial charge in [0.1, 0.15) is 12.1 Å². The van der Waals surface area contributed by atoms with Crippen molar-refractivity contribution in [2.24, 2.45) is 5.92 Å². The summed E-state index contributed by atoms with van der Waals surface area (Å²) in [6.07, 6.45) is 2.39. The predicted octanol–water partition coefficient (Wildman–Crippen LogP) is 2.55. The molecular formula is C11H18ClN3O. The summed E-state index contributed by atoms with van der Waals surface area (Å²) in [6.45, 7) is 4.31. The molecule has 0 aromatic carbocycles. The Morgan fingerprint density at radius 2 is 2.19 bits per heavy atom. The van der Waals surface area contributed by atoms with Gasteiger partial charge in [-0.25, -0.2) is 9.97 Å².